The van der Waals surface area contributed by atoms with E-state index in [1.807, 2.05) is 6.20 Å². The Morgan fingerprint density at radius 3 is 2.03 bits per heavy atom. The third-order valence-corrected chi connectivity index (χ3v) is 6.17. The summed E-state index contributed by atoms with van der Waals surface area (Å²) in [4.78, 5) is 4.73. The van der Waals surface area contributed by atoms with E-state index in [0.29, 0.717) is 0 Å². The molecule has 0 aliphatic carbocycles. The van der Waals surface area contributed by atoms with Gasteiger partial charge < -0.3 is 9.31 Å². The van der Waals surface area contributed by atoms with Gasteiger partial charge in [0.1, 0.15) is 0 Å². The maximum absolute atomic E-state index is 6.15. The number of pyridine rings is 1. The lowest BCUT2D eigenvalue weighted by Gasteiger charge is -2.32. The van der Waals surface area contributed by atoms with Gasteiger partial charge in [0, 0.05) is 17.3 Å². The van der Waals surface area contributed by atoms with Crippen molar-refractivity contribution < 1.29 is 9.31 Å². The molecule has 0 atom stereocenters. The summed E-state index contributed by atoms with van der Waals surface area (Å²) in [7, 11) is -0.340. The first-order chi connectivity index (χ1) is 13.7. The van der Waals surface area contributed by atoms with Crippen LogP contribution in [0.3, 0.4) is 0 Å². The molecule has 4 rings (SSSR count). The van der Waals surface area contributed by atoms with E-state index >= 15 is 0 Å². The average Bonchev–Trinajstić information content (AvgIpc) is 2.89. The molecule has 1 saturated heterocycles. The van der Waals surface area contributed by atoms with Crippen molar-refractivity contribution in [2.75, 3.05) is 0 Å². The molecule has 1 aliphatic rings. The topological polar surface area (TPSA) is 31.4 Å². The number of nitrogens with zero attached hydrogens (tertiary/aromatic N) is 1. The highest BCUT2D eigenvalue weighted by Crippen LogP contribution is 2.36. The van der Waals surface area contributed by atoms with Crippen molar-refractivity contribution in [1.82, 2.24) is 4.98 Å². The fourth-order valence-corrected chi connectivity index (χ4v) is 3.62. The van der Waals surface area contributed by atoms with E-state index in [4.69, 9.17) is 14.3 Å². The molecule has 29 heavy (non-hydrogen) atoms. The summed E-state index contributed by atoms with van der Waals surface area (Å²) in [5, 5.41) is 0. The zero-order chi connectivity index (χ0) is 20.8. The van der Waals surface area contributed by atoms with Crippen molar-refractivity contribution in [3.05, 3.63) is 71.9 Å². The van der Waals surface area contributed by atoms with Gasteiger partial charge in [-0.1, -0.05) is 54.1 Å². The van der Waals surface area contributed by atoms with Crippen molar-refractivity contribution in [3.8, 4) is 22.4 Å². The molecule has 3 nitrogen and oxygen atoms in total. The molecule has 0 amide bonds. The molecule has 1 aromatic heterocycles. The Kier molecular flexibility index (Phi) is 4.88. The SMILES string of the molecule is Cc1cccc(-c2cnc(-c3ccc(B4OC(C)(C)C(C)(C)O4)cc3)cc2C)c1. The van der Waals surface area contributed by atoms with Crippen LogP contribution < -0.4 is 5.46 Å². The summed E-state index contributed by atoms with van der Waals surface area (Å²) in [6, 6.07) is 19.0. The van der Waals surface area contributed by atoms with Gasteiger partial charge in [0.15, 0.2) is 0 Å². The van der Waals surface area contributed by atoms with Crippen LogP contribution in [-0.2, 0) is 9.31 Å². The highest BCUT2D eigenvalue weighted by atomic mass is 16.7. The van der Waals surface area contributed by atoms with E-state index < -0.39 is 0 Å². The monoisotopic (exact) mass is 385 g/mol. The molecule has 1 fully saturated rings. The van der Waals surface area contributed by atoms with Crippen molar-refractivity contribution in [1.29, 1.82) is 0 Å². The largest absolute Gasteiger partial charge is 0.494 e. The molecular formula is C25H28BNO2. The zero-order valence-electron chi connectivity index (χ0n) is 18.1. The molecular weight excluding hydrogens is 357 g/mol. The number of benzene rings is 2. The summed E-state index contributed by atoms with van der Waals surface area (Å²) < 4.78 is 12.3. The molecule has 3 aromatic rings. The second-order valence-electron chi connectivity index (χ2n) is 8.96. The highest BCUT2D eigenvalue weighted by Gasteiger charge is 2.51. The number of aromatic nitrogens is 1. The molecule has 2 aromatic carbocycles. The van der Waals surface area contributed by atoms with Crippen molar-refractivity contribution in [2.45, 2.75) is 52.7 Å². The normalized spacial score (nSPS) is 17.5. The van der Waals surface area contributed by atoms with Crippen LogP contribution in [0.25, 0.3) is 22.4 Å². The second kappa shape index (κ2) is 7.12. The number of hydrogen-bond acceptors (Lipinski definition) is 3. The number of rotatable bonds is 3. The minimum absolute atomic E-state index is 0.333. The van der Waals surface area contributed by atoms with Gasteiger partial charge in [-0.3, -0.25) is 4.98 Å². The van der Waals surface area contributed by atoms with Gasteiger partial charge >= 0.3 is 7.12 Å². The van der Waals surface area contributed by atoms with E-state index in [2.05, 4.69) is 96.1 Å². The van der Waals surface area contributed by atoms with Crippen LogP contribution in [0.2, 0.25) is 0 Å². The molecule has 4 heteroatoms. The van der Waals surface area contributed by atoms with E-state index in [9.17, 15) is 0 Å². The molecule has 0 unspecified atom stereocenters. The summed E-state index contributed by atoms with van der Waals surface area (Å²) in [6.45, 7) is 12.5. The Morgan fingerprint density at radius 2 is 1.45 bits per heavy atom. The predicted molar refractivity (Wildman–Crippen MR) is 120 cm³/mol. The fourth-order valence-electron chi connectivity index (χ4n) is 3.62. The van der Waals surface area contributed by atoms with Gasteiger partial charge in [-0.25, -0.2) is 0 Å². The highest BCUT2D eigenvalue weighted by molar-refractivity contribution is 6.62. The molecule has 0 N–H and O–H groups in total. The quantitative estimate of drug-likeness (QED) is 0.571. The summed E-state index contributed by atoms with van der Waals surface area (Å²) in [5.74, 6) is 0. The minimum Gasteiger partial charge on any atom is -0.399 e. The Hall–Kier alpha value is -2.43. The van der Waals surface area contributed by atoms with Crippen LogP contribution in [-0.4, -0.2) is 23.3 Å². The van der Waals surface area contributed by atoms with E-state index in [0.717, 1.165) is 16.7 Å². The standard InChI is InChI=1S/C25H28BNO2/c1-17-8-7-9-20(14-17)22-16-27-23(15-18(22)2)19-10-12-21(13-11-19)26-28-24(3,4)25(5,6)29-26/h7-16H,1-6H3. The van der Waals surface area contributed by atoms with Crippen molar-refractivity contribution >= 4 is 12.6 Å². The van der Waals surface area contributed by atoms with Crippen LogP contribution >= 0.6 is 0 Å². The Morgan fingerprint density at radius 1 is 0.793 bits per heavy atom. The maximum atomic E-state index is 6.15. The molecule has 148 valence electrons. The lowest BCUT2D eigenvalue weighted by molar-refractivity contribution is 0.00578. The molecule has 0 spiro atoms. The molecule has 0 radical (unpaired) electrons. The van der Waals surface area contributed by atoms with Crippen LogP contribution in [0.15, 0.2) is 60.8 Å². The van der Waals surface area contributed by atoms with Crippen LogP contribution in [0, 0.1) is 13.8 Å². The van der Waals surface area contributed by atoms with Gasteiger partial charge in [-0.05, 0) is 64.2 Å². The molecule has 1 aliphatic heterocycles. The second-order valence-corrected chi connectivity index (χ2v) is 8.96. The molecule has 0 saturated carbocycles. The first kappa shape index (κ1) is 19.9. The van der Waals surface area contributed by atoms with E-state index in [-0.39, 0.29) is 18.3 Å². The zero-order valence-corrected chi connectivity index (χ0v) is 18.1. The first-order valence-electron chi connectivity index (χ1n) is 10.2. The maximum Gasteiger partial charge on any atom is 0.494 e. The van der Waals surface area contributed by atoms with Gasteiger partial charge in [-0.2, -0.15) is 0 Å². The van der Waals surface area contributed by atoms with Crippen molar-refractivity contribution in [3.63, 3.8) is 0 Å². The van der Waals surface area contributed by atoms with Crippen LogP contribution in [0.5, 0.6) is 0 Å². The third-order valence-electron chi connectivity index (χ3n) is 6.17. The van der Waals surface area contributed by atoms with E-state index in [1.165, 1.54) is 22.3 Å². The number of aryl methyl sites for hydroxylation is 2. The van der Waals surface area contributed by atoms with Crippen molar-refractivity contribution in [2.24, 2.45) is 0 Å². The molecule has 0 bridgehead atoms. The minimum atomic E-state index is -0.340. The van der Waals surface area contributed by atoms with Crippen LogP contribution in [0.4, 0.5) is 0 Å². The van der Waals surface area contributed by atoms with Crippen LogP contribution in [0.1, 0.15) is 38.8 Å². The number of hydrogen-bond donors (Lipinski definition) is 0. The molecule has 2 heterocycles. The lowest BCUT2D eigenvalue weighted by Crippen LogP contribution is -2.41. The third kappa shape index (κ3) is 3.75. The van der Waals surface area contributed by atoms with E-state index in [1.54, 1.807) is 0 Å². The van der Waals surface area contributed by atoms with Gasteiger partial charge in [0.25, 0.3) is 0 Å². The summed E-state index contributed by atoms with van der Waals surface area (Å²) >= 11 is 0. The summed E-state index contributed by atoms with van der Waals surface area (Å²) in [5.41, 5.74) is 7.27. The van der Waals surface area contributed by atoms with Gasteiger partial charge in [0.2, 0.25) is 0 Å². The fraction of sp³-hybridized carbons (Fsp3) is 0.320. The Labute approximate surface area is 174 Å². The summed E-state index contributed by atoms with van der Waals surface area (Å²) in [6.07, 6.45) is 1.97. The average molecular weight is 385 g/mol. The smallest absolute Gasteiger partial charge is 0.399 e. The predicted octanol–water partition coefficient (Wildman–Crippen LogP) is 5.33. The Bertz CT molecular complexity index is 1020. The lowest BCUT2D eigenvalue weighted by atomic mass is 9.78. The van der Waals surface area contributed by atoms with Gasteiger partial charge in [-0.15, -0.1) is 0 Å². The Balaban J connectivity index is 1.58. The first-order valence-corrected chi connectivity index (χ1v) is 10.2. The van der Waals surface area contributed by atoms with Gasteiger partial charge in [0.05, 0.1) is 16.9 Å².